The third kappa shape index (κ3) is 4.55. The SMILES string of the molecule is O=C(CCc1nc(CSc2nc3ccccc3s2)no1)Nc1ccccc1F. The molecule has 142 valence electrons. The van der Waals surface area contributed by atoms with Crippen molar-refractivity contribution in [1.29, 1.82) is 0 Å². The van der Waals surface area contributed by atoms with Gasteiger partial charge in [-0.25, -0.2) is 9.37 Å². The number of benzene rings is 2. The largest absolute Gasteiger partial charge is 0.339 e. The monoisotopic (exact) mass is 414 g/mol. The number of aryl methyl sites for hydroxylation is 1. The lowest BCUT2D eigenvalue weighted by Gasteiger charge is -2.04. The molecule has 28 heavy (non-hydrogen) atoms. The van der Waals surface area contributed by atoms with Gasteiger partial charge in [0.15, 0.2) is 10.2 Å². The fourth-order valence-corrected chi connectivity index (χ4v) is 4.40. The molecule has 0 atom stereocenters. The lowest BCUT2D eigenvalue weighted by atomic mass is 10.2. The first-order valence-corrected chi connectivity index (χ1v) is 10.3. The summed E-state index contributed by atoms with van der Waals surface area (Å²) in [6, 6.07) is 14.0. The fraction of sp³-hybridized carbons (Fsp3) is 0.158. The topological polar surface area (TPSA) is 80.9 Å². The number of para-hydroxylation sites is 2. The Balaban J connectivity index is 1.28. The van der Waals surface area contributed by atoms with Gasteiger partial charge in [0.2, 0.25) is 11.8 Å². The van der Waals surface area contributed by atoms with Crippen LogP contribution in [0.15, 0.2) is 57.4 Å². The minimum Gasteiger partial charge on any atom is -0.339 e. The summed E-state index contributed by atoms with van der Waals surface area (Å²) in [6.07, 6.45) is 0.417. The molecule has 0 saturated carbocycles. The normalized spacial score (nSPS) is 11.0. The van der Waals surface area contributed by atoms with Gasteiger partial charge in [0.1, 0.15) is 5.82 Å². The number of nitrogens with one attached hydrogen (secondary N) is 1. The number of thiazole rings is 1. The summed E-state index contributed by atoms with van der Waals surface area (Å²) in [5.41, 5.74) is 1.13. The second-order valence-corrected chi connectivity index (χ2v) is 8.12. The Morgan fingerprint density at radius 3 is 2.82 bits per heavy atom. The summed E-state index contributed by atoms with van der Waals surface area (Å²) >= 11 is 3.16. The number of rotatable bonds is 7. The number of hydrogen-bond acceptors (Lipinski definition) is 7. The Labute approximate surface area is 168 Å². The Morgan fingerprint density at radius 1 is 1.14 bits per heavy atom. The van der Waals surface area contributed by atoms with Crippen LogP contribution in [0, 0.1) is 5.82 Å². The maximum atomic E-state index is 13.5. The van der Waals surface area contributed by atoms with Crippen molar-refractivity contribution in [1.82, 2.24) is 15.1 Å². The summed E-state index contributed by atoms with van der Waals surface area (Å²) in [7, 11) is 0. The molecular formula is C19H15FN4O2S2. The van der Waals surface area contributed by atoms with E-state index >= 15 is 0 Å². The molecule has 4 aromatic rings. The van der Waals surface area contributed by atoms with Crippen LogP contribution in [0.5, 0.6) is 0 Å². The predicted molar refractivity (Wildman–Crippen MR) is 107 cm³/mol. The average molecular weight is 414 g/mol. The van der Waals surface area contributed by atoms with Crippen molar-refractivity contribution >= 4 is 44.9 Å². The molecule has 2 aromatic carbocycles. The molecule has 0 radical (unpaired) electrons. The van der Waals surface area contributed by atoms with Crippen molar-refractivity contribution in [3.8, 4) is 0 Å². The lowest BCUT2D eigenvalue weighted by Crippen LogP contribution is -2.13. The number of nitrogens with zero attached hydrogens (tertiary/aromatic N) is 3. The molecule has 9 heteroatoms. The zero-order chi connectivity index (χ0) is 19.3. The van der Waals surface area contributed by atoms with Crippen LogP contribution >= 0.6 is 23.1 Å². The van der Waals surface area contributed by atoms with Crippen molar-refractivity contribution in [2.75, 3.05) is 5.32 Å². The standard InChI is InChI=1S/C19H15FN4O2S2/c20-12-5-1-2-6-13(12)21-17(25)9-10-18-23-16(24-26-18)11-27-19-22-14-7-3-4-8-15(14)28-19/h1-8H,9-11H2,(H,21,25). The smallest absolute Gasteiger partial charge is 0.227 e. The highest BCUT2D eigenvalue weighted by atomic mass is 32.2. The van der Waals surface area contributed by atoms with E-state index in [1.54, 1.807) is 35.2 Å². The van der Waals surface area contributed by atoms with E-state index in [9.17, 15) is 9.18 Å². The first kappa shape index (κ1) is 18.6. The third-order valence-corrected chi connectivity index (χ3v) is 6.00. The van der Waals surface area contributed by atoms with E-state index in [0.29, 0.717) is 23.9 Å². The Kier molecular flexibility index (Phi) is 5.63. The molecule has 0 unspecified atom stereocenters. The molecule has 1 N–H and O–H groups in total. The van der Waals surface area contributed by atoms with E-state index in [0.717, 1.165) is 14.6 Å². The van der Waals surface area contributed by atoms with Gasteiger partial charge in [-0.15, -0.1) is 11.3 Å². The van der Waals surface area contributed by atoms with Gasteiger partial charge in [0.05, 0.1) is 21.7 Å². The third-order valence-electron chi connectivity index (χ3n) is 3.82. The van der Waals surface area contributed by atoms with Crippen LogP contribution in [0.2, 0.25) is 0 Å². The minimum atomic E-state index is -0.470. The first-order chi connectivity index (χ1) is 13.7. The average Bonchev–Trinajstić information content (AvgIpc) is 3.33. The molecule has 0 aliphatic heterocycles. The summed E-state index contributed by atoms with van der Waals surface area (Å²) in [4.78, 5) is 20.8. The zero-order valence-corrected chi connectivity index (χ0v) is 16.2. The summed E-state index contributed by atoms with van der Waals surface area (Å²) in [5.74, 6) is 0.680. The number of hydrogen-bond donors (Lipinski definition) is 1. The quantitative estimate of drug-likeness (QED) is 0.442. The second-order valence-electron chi connectivity index (χ2n) is 5.87. The summed E-state index contributed by atoms with van der Waals surface area (Å²) in [5, 5.41) is 6.47. The Morgan fingerprint density at radius 2 is 1.96 bits per heavy atom. The predicted octanol–water partition coefficient (Wildman–Crippen LogP) is 4.68. The minimum absolute atomic E-state index is 0.126. The van der Waals surface area contributed by atoms with Crippen molar-refractivity contribution in [2.45, 2.75) is 22.9 Å². The molecule has 0 fully saturated rings. The van der Waals surface area contributed by atoms with Crippen LogP contribution in [0.3, 0.4) is 0 Å². The van der Waals surface area contributed by atoms with Crippen molar-refractivity contribution < 1.29 is 13.7 Å². The maximum absolute atomic E-state index is 13.5. The molecule has 0 aliphatic carbocycles. The van der Waals surface area contributed by atoms with Gasteiger partial charge < -0.3 is 9.84 Å². The highest BCUT2D eigenvalue weighted by molar-refractivity contribution is 8.00. The van der Waals surface area contributed by atoms with Gasteiger partial charge in [0, 0.05) is 12.8 Å². The van der Waals surface area contributed by atoms with E-state index in [4.69, 9.17) is 4.52 Å². The summed E-state index contributed by atoms with van der Waals surface area (Å²) in [6.45, 7) is 0. The van der Waals surface area contributed by atoms with E-state index in [-0.39, 0.29) is 18.0 Å². The molecule has 0 spiro atoms. The van der Waals surface area contributed by atoms with Gasteiger partial charge >= 0.3 is 0 Å². The molecule has 4 rings (SSSR count). The van der Waals surface area contributed by atoms with Crippen molar-refractivity contribution in [3.63, 3.8) is 0 Å². The maximum Gasteiger partial charge on any atom is 0.227 e. The van der Waals surface area contributed by atoms with E-state index in [2.05, 4.69) is 20.4 Å². The van der Waals surface area contributed by atoms with E-state index < -0.39 is 5.82 Å². The highest BCUT2D eigenvalue weighted by Gasteiger charge is 2.12. The molecule has 2 aromatic heterocycles. The summed E-state index contributed by atoms with van der Waals surface area (Å²) < 4.78 is 20.8. The van der Waals surface area contributed by atoms with Gasteiger partial charge in [0.25, 0.3) is 0 Å². The van der Waals surface area contributed by atoms with Crippen LogP contribution in [-0.4, -0.2) is 21.0 Å². The molecular weight excluding hydrogens is 399 g/mol. The van der Waals surface area contributed by atoms with Gasteiger partial charge in [-0.3, -0.25) is 4.79 Å². The number of carbonyl (C=O) groups is 1. The zero-order valence-electron chi connectivity index (χ0n) is 14.6. The number of aromatic nitrogens is 3. The van der Waals surface area contributed by atoms with Crippen LogP contribution in [-0.2, 0) is 17.0 Å². The van der Waals surface area contributed by atoms with Gasteiger partial charge in [-0.1, -0.05) is 41.2 Å². The molecule has 0 saturated heterocycles. The number of amides is 1. The molecule has 6 nitrogen and oxygen atoms in total. The van der Waals surface area contributed by atoms with Gasteiger partial charge in [-0.05, 0) is 24.3 Å². The van der Waals surface area contributed by atoms with Crippen LogP contribution < -0.4 is 5.32 Å². The van der Waals surface area contributed by atoms with Crippen LogP contribution in [0.4, 0.5) is 10.1 Å². The van der Waals surface area contributed by atoms with Gasteiger partial charge in [-0.2, -0.15) is 4.98 Å². The molecule has 2 heterocycles. The molecule has 0 aliphatic rings. The van der Waals surface area contributed by atoms with Crippen molar-refractivity contribution in [3.05, 3.63) is 66.1 Å². The van der Waals surface area contributed by atoms with E-state index in [1.807, 2.05) is 24.3 Å². The number of halogens is 1. The van der Waals surface area contributed by atoms with E-state index in [1.165, 1.54) is 12.1 Å². The first-order valence-electron chi connectivity index (χ1n) is 8.51. The highest BCUT2D eigenvalue weighted by Crippen LogP contribution is 2.30. The number of carbonyl (C=O) groups excluding carboxylic acids is 1. The van der Waals surface area contributed by atoms with Crippen LogP contribution in [0.25, 0.3) is 10.2 Å². The van der Waals surface area contributed by atoms with Crippen molar-refractivity contribution in [2.24, 2.45) is 0 Å². The molecule has 1 amide bonds. The Bertz CT molecular complexity index is 1080. The molecule has 0 bridgehead atoms. The van der Waals surface area contributed by atoms with Crippen LogP contribution in [0.1, 0.15) is 18.1 Å². The fourth-order valence-electron chi connectivity index (χ4n) is 2.49. The number of fused-ring (bicyclic) bond motifs is 1. The lowest BCUT2D eigenvalue weighted by molar-refractivity contribution is -0.116. The number of thioether (sulfide) groups is 1. The number of anilines is 1. The second kappa shape index (κ2) is 8.49. The Hall–Kier alpha value is -2.78.